The van der Waals surface area contributed by atoms with Crippen LogP contribution in [0.3, 0.4) is 0 Å². The molecule has 0 saturated carbocycles. The van der Waals surface area contributed by atoms with Crippen LogP contribution in [0.2, 0.25) is 0 Å². The first-order valence-electron chi connectivity index (χ1n) is 7.25. The smallest absolute Gasteiger partial charge is 0.387 e. The van der Waals surface area contributed by atoms with Gasteiger partial charge in [-0.1, -0.05) is 31.2 Å². The van der Waals surface area contributed by atoms with Gasteiger partial charge in [-0.15, -0.1) is 0 Å². The third kappa shape index (κ3) is 5.25. The van der Waals surface area contributed by atoms with Gasteiger partial charge in [-0.3, -0.25) is 4.79 Å². The zero-order chi connectivity index (χ0) is 16.7. The lowest BCUT2D eigenvalue weighted by Gasteiger charge is -2.12. The lowest BCUT2D eigenvalue weighted by atomic mass is 10.1. The number of benzene rings is 2. The number of hydrogen-bond donors (Lipinski definition) is 2. The molecule has 0 unspecified atom stereocenters. The molecule has 2 aromatic carbocycles. The number of halogens is 2. The van der Waals surface area contributed by atoms with Crippen LogP contribution in [0.1, 0.15) is 12.5 Å². The first kappa shape index (κ1) is 16.7. The molecule has 6 heteroatoms. The summed E-state index contributed by atoms with van der Waals surface area (Å²) in [5.41, 5.74) is 2.20. The molecule has 122 valence electrons. The maximum Gasteiger partial charge on any atom is 0.387 e. The van der Waals surface area contributed by atoms with Gasteiger partial charge in [-0.25, -0.2) is 0 Å². The van der Waals surface area contributed by atoms with Crippen LogP contribution in [0.4, 0.5) is 20.2 Å². The molecule has 0 bridgehead atoms. The average molecular weight is 320 g/mol. The van der Waals surface area contributed by atoms with Crippen LogP contribution in [0, 0.1) is 0 Å². The lowest BCUT2D eigenvalue weighted by Crippen LogP contribution is -2.22. The zero-order valence-electron chi connectivity index (χ0n) is 12.7. The van der Waals surface area contributed by atoms with E-state index in [9.17, 15) is 13.6 Å². The van der Waals surface area contributed by atoms with Crippen LogP contribution >= 0.6 is 0 Å². The Kier molecular flexibility index (Phi) is 5.91. The van der Waals surface area contributed by atoms with Gasteiger partial charge < -0.3 is 15.4 Å². The van der Waals surface area contributed by atoms with Gasteiger partial charge in [0, 0.05) is 5.69 Å². The van der Waals surface area contributed by atoms with Crippen molar-refractivity contribution in [2.75, 3.05) is 17.2 Å². The van der Waals surface area contributed by atoms with Crippen molar-refractivity contribution in [3.8, 4) is 5.75 Å². The summed E-state index contributed by atoms with van der Waals surface area (Å²) >= 11 is 0. The van der Waals surface area contributed by atoms with E-state index in [1.54, 1.807) is 18.2 Å². The number of rotatable bonds is 7. The number of para-hydroxylation sites is 2. The lowest BCUT2D eigenvalue weighted by molar-refractivity contribution is -0.114. The molecule has 2 rings (SSSR count). The predicted molar refractivity (Wildman–Crippen MR) is 86.0 cm³/mol. The zero-order valence-corrected chi connectivity index (χ0v) is 12.7. The van der Waals surface area contributed by atoms with Gasteiger partial charge in [0.25, 0.3) is 0 Å². The van der Waals surface area contributed by atoms with Gasteiger partial charge in [-0.2, -0.15) is 8.78 Å². The molecule has 0 heterocycles. The number of alkyl halides is 2. The van der Waals surface area contributed by atoms with E-state index in [-0.39, 0.29) is 18.2 Å². The molecule has 23 heavy (non-hydrogen) atoms. The van der Waals surface area contributed by atoms with Crippen molar-refractivity contribution in [2.45, 2.75) is 20.0 Å². The summed E-state index contributed by atoms with van der Waals surface area (Å²) in [5, 5.41) is 5.52. The second-order valence-corrected chi connectivity index (χ2v) is 4.83. The Hall–Kier alpha value is -2.63. The molecule has 2 N–H and O–H groups in total. The van der Waals surface area contributed by atoms with Crippen molar-refractivity contribution in [1.29, 1.82) is 0 Å². The second kappa shape index (κ2) is 8.12. The Morgan fingerprint density at radius 1 is 1.13 bits per heavy atom. The molecular weight excluding hydrogens is 302 g/mol. The Bertz CT molecular complexity index is 645. The number of aryl methyl sites for hydroxylation is 1. The van der Waals surface area contributed by atoms with Crippen LogP contribution in [-0.4, -0.2) is 19.1 Å². The molecule has 2 aromatic rings. The highest BCUT2D eigenvalue weighted by Gasteiger charge is 2.10. The minimum absolute atomic E-state index is 0.00241. The molecule has 0 aromatic heterocycles. The van der Waals surface area contributed by atoms with E-state index in [0.29, 0.717) is 11.4 Å². The summed E-state index contributed by atoms with van der Waals surface area (Å²) in [6.45, 7) is -0.917. The van der Waals surface area contributed by atoms with Gasteiger partial charge in [0.2, 0.25) is 5.91 Å². The Balaban J connectivity index is 1.91. The third-order valence-corrected chi connectivity index (χ3v) is 3.19. The van der Waals surface area contributed by atoms with Crippen molar-refractivity contribution < 1.29 is 18.3 Å². The summed E-state index contributed by atoms with van der Waals surface area (Å²) in [6, 6.07) is 13.8. The topological polar surface area (TPSA) is 50.4 Å². The fourth-order valence-electron chi connectivity index (χ4n) is 2.02. The predicted octanol–water partition coefficient (Wildman–Crippen LogP) is 3.90. The van der Waals surface area contributed by atoms with Gasteiger partial charge in [0.15, 0.2) is 0 Å². The summed E-state index contributed by atoms with van der Waals surface area (Å²) in [6.07, 6.45) is 0.927. The first-order chi connectivity index (χ1) is 11.1. The minimum atomic E-state index is -2.91. The molecule has 0 atom stereocenters. The summed E-state index contributed by atoms with van der Waals surface area (Å²) in [4.78, 5) is 11.9. The minimum Gasteiger partial charge on any atom is -0.433 e. The van der Waals surface area contributed by atoms with Crippen LogP contribution in [0.5, 0.6) is 5.75 Å². The number of carbonyl (C=O) groups excluding carboxylic acids is 1. The van der Waals surface area contributed by atoms with Crippen molar-refractivity contribution >= 4 is 17.3 Å². The summed E-state index contributed by atoms with van der Waals surface area (Å²) in [7, 11) is 0. The molecule has 0 aliphatic heterocycles. The van der Waals surface area contributed by atoms with E-state index in [2.05, 4.69) is 22.3 Å². The van der Waals surface area contributed by atoms with Crippen molar-refractivity contribution in [1.82, 2.24) is 0 Å². The monoisotopic (exact) mass is 320 g/mol. The van der Waals surface area contributed by atoms with E-state index < -0.39 is 6.61 Å². The average Bonchev–Trinajstić information content (AvgIpc) is 2.54. The van der Waals surface area contributed by atoms with Crippen molar-refractivity contribution in [3.63, 3.8) is 0 Å². The van der Waals surface area contributed by atoms with Crippen LogP contribution in [0.25, 0.3) is 0 Å². The molecule has 1 amide bonds. The normalized spacial score (nSPS) is 10.4. The molecule has 0 aliphatic carbocycles. The van der Waals surface area contributed by atoms with E-state index in [1.165, 1.54) is 11.6 Å². The highest BCUT2D eigenvalue weighted by molar-refractivity contribution is 5.93. The fraction of sp³-hybridized carbons (Fsp3) is 0.235. The number of ether oxygens (including phenoxy) is 1. The highest BCUT2D eigenvalue weighted by atomic mass is 19.3. The SMILES string of the molecule is CCc1ccc(NC(=O)CNc2ccccc2OC(F)F)cc1. The number of nitrogens with one attached hydrogen (secondary N) is 2. The fourth-order valence-corrected chi connectivity index (χ4v) is 2.02. The molecule has 0 fully saturated rings. The van der Waals surface area contributed by atoms with Gasteiger partial charge in [-0.05, 0) is 36.2 Å². The van der Waals surface area contributed by atoms with E-state index in [0.717, 1.165) is 6.42 Å². The number of carbonyl (C=O) groups is 1. The summed E-state index contributed by atoms with van der Waals surface area (Å²) < 4.78 is 29.0. The largest absolute Gasteiger partial charge is 0.433 e. The molecule has 0 saturated heterocycles. The number of hydrogen-bond acceptors (Lipinski definition) is 3. The van der Waals surface area contributed by atoms with E-state index in [4.69, 9.17) is 0 Å². The number of anilines is 2. The maximum absolute atomic E-state index is 12.3. The van der Waals surface area contributed by atoms with Crippen molar-refractivity contribution in [3.05, 3.63) is 54.1 Å². The van der Waals surface area contributed by atoms with Crippen LogP contribution < -0.4 is 15.4 Å². The highest BCUT2D eigenvalue weighted by Crippen LogP contribution is 2.25. The van der Waals surface area contributed by atoms with E-state index in [1.807, 2.05) is 24.3 Å². The maximum atomic E-state index is 12.3. The van der Waals surface area contributed by atoms with Gasteiger partial charge in [0.1, 0.15) is 5.75 Å². The molecule has 0 spiro atoms. The van der Waals surface area contributed by atoms with Crippen LogP contribution in [0.15, 0.2) is 48.5 Å². The van der Waals surface area contributed by atoms with Gasteiger partial charge >= 0.3 is 6.61 Å². The summed E-state index contributed by atoms with van der Waals surface area (Å²) in [5.74, 6) is -0.274. The Morgan fingerprint density at radius 3 is 2.48 bits per heavy atom. The second-order valence-electron chi connectivity index (χ2n) is 4.83. The van der Waals surface area contributed by atoms with Gasteiger partial charge in [0.05, 0.1) is 12.2 Å². The number of amides is 1. The molecule has 0 aliphatic rings. The van der Waals surface area contributed by atoms with E-state index >= 15 is 0 Å². The molecule has 4 nitrogen and oxygen atoms in total. The third-order valence-electron chi connectivity index (χ3n) is 3.19. The molecular formula is C17H18F2N2O2. The standard InChI is InChI=1S/C17H18F2N2O2/c1-2-12-7-9-13(10-8-12)21-16(22)11-20-14-5-3-4-6-15(14)23-17(18)19/h3-10,17,20H,2,11H2,1H3,(H,21,22). The van der Waals surface area contributed by atoms with Crippen LogP contribution in [-0.2, 0) is 11.2 Å². The Labute approximate surface area is 133 Å². The first-order valence-corrected chi connectivity index (χ1v) is 7.25. The van der Waals surface area contributed by atoms with Crippen molar-refractivity contribution in [2.24, 2.45) is 0 Å². The Morgan fingerprint density at radius 2 is 1.83 bits per heavy atom. The quantitative estimate of drug-likeness (QED) is 0.813. The molecule has 0 radical (unpaired) electrons.